The minimum absolute atomic E-state index is 0.0727. The third-order valence-electron chi connectivity index (χ3n) is 4.17. The van der Waals surface area contributed by atoms with Gasteiger partial charge in [0.2, 0.25) is 0 Å². The quantitative estimate of drug-likeness (QED) is 0.312. The molecule has 0 radical (unpaired) electrons. The molecule has 2 rings (SSSR count). The van der Waals surface area contributed by atoms with Crippen molar-refractivity contribution in [1.82, 2.24) is 14.9 Å². The zero-order chi connectivity index (χ0) is 24.8. The first kappa shape index (κ1) is 25.3. The van der Waals surface area contributed by atoms with E-state index in [-0.39, 0.29) is 17.9 Å². The van der Waals surface area contributed by atoms with E-state index in [1.807, 2.05) is 0 Å². The van der Waals surface area contributed by atoms with Crippen LogP contribution < -0.4 is 5.73 Å². The largest absolute Gasteiger partial charge is 0.416 e. The van der Waals surface area contributed by atoms with Gasteiger partial charge in [0.05, 0.1) is 30.1 Å². The van der Waals surface area contributed by atoms with Crippen LogP contribution in [-0.4, -0.2) is 45.5 Å². The number of benzene rings is 1. The molecular formula is C20H16F6N6O. The number of alkyl halides is 6. The van der Waals surface area contributed by atoms with E-state index in [4.69, 9.17) is 12.2 Å². The first-order valence-electron chi connectivity index (χ1n) is 9.02. The molecule has 0 saturated heterocycles. The average molecular weight is 470 g/mol. The molecular weight excluding hydrogens is 454 g/mol. The standard InChI is InChI=1S/C20H16F6N6O/c1-3-7-32(12(2)16(30-11-27)31-18-28-5-4-6-29-18)17(33)13-8-14(19(21,22)23)10-15(9-13)20(24,25)26/h1,4-6,8-12H,7H2,2H3,(H2,27,28,29,30,31)/t12-/m0/s1. The van der Waals surface area contributed by atoms with Crippen LogP contribution in [0.4, 0.5) is 32.3 Å². The number of rotatable bonds is 5. The van der Waals surface area contributed by atoms with Gasteiger partial charge in [-0.3, -0.25) is 4.79 Å². The first-order chi connectivity index (χ1) is 15.4. The molecule has 0 aliphatic heterocycles. The molecule has 0 saturated carbocycles. The number of terminal acetylenes is 1. The van der Waals surface area contributed by atoms with Crippen LogP contribution in [-0.2, 0) is 12.4 Å². The van der Waals surface area contributed by atoms with Crippen LogP contribution >= 0.6 is 0 Å². The smallest absolute Gasteiger partial charge is 0.390 e. The van der Waals surface area contributed by atoms with Gasteiger partial charge in [-0.25, -0.2) is 15.0 Å². The number of nitrogens with two attached hydrogens (primary N) is 1. The molecule has 0 bridgehead atoms. The maximum absolute atomic E-state index is 13.2. The molecule has 0 unspecified atom stereocenters. The van der Waals surface area contributed by atoms with Crippen LogP contribution in [0.2, 0.25) is 0 Å². The lowest BCUT2D eigenvalue weighted by molar-refractivity contribution is -0.143. The van der Waals surface area contributed by atoms with Crippen LogP contribution in [0.3, 0.4) is 0 Å². The number of carbonyl (C=O) groups excluding carboxylic acids is 1. The molecule has 0 fully saturated rings. The van der Waals surface area contributed by atoms with E-state index in [0.29, 0.717) is 12.1 Å². The Morgan fingerprint density at radius 3 is 2.15 bits per heavy atom. The molecule has 1 heterocycles. The zero-order valence-corrected chi connectivity index (χ0v) is 16.9. The second-order valence-corrected chi connectivity index (χ2v) is 6.40. The van der Waals surface area contributed by atoms with Crippen molar-refractivity contribution in [3.05, 3.63) is 53.3 Å². The summed E-state index contributed by atoms with van der Waals surface area (Å²) in [5.41, 5.74) is 1.16. The lowest BCUT2D eigenvalue weighted by Crippen LogP contribution is -2.43. The Bertz CT molecular complexity index is 1060. The van der Waals surface area contributed by atoms with E-state index in [9.17, 15) is 31.1 Å². The highest BCUT2D eigenvalue weighted by molar-refractivity contribution is 6.01. The maximum Gasteiger partial charge on any atom is 0.416 e. The Balaban J connectivity index is 2.57. The molecule has 2 N–H and O–H groups in total. The topological polar surface area (TPSA) is 96.8 Å². The third kappa shape index (κ3) is 6.52. The van der Waals surface area contributed by atoms with E-state index < -0.39 is 47.5 Å². The number of carbonyl (C=O) groups is 1. The van der Waals surface area contributed by atoms with Crippen molar-refractivity contribution in [3.8, 4) is 12.3 Å². The molecule has 7 nitrogen and oxygen atoms in total. The number of amidine groups is 1. The van der Waals surface area contributed by atoms with Crippen LogP contribution in [0, 0.1) is 12.3 Å². The maximum atomic E-state index is 13.2. The van der Waals surface area contributed by atoms with Gasteiger partial charge in [-0.2, -0.15) is 31.3 Å². The van der Waals surface area contributed by atoms with Crippen molar-refractivity contribution in [2.75, 3.05) is 6.54 Å². The second kappa shape index (κ2) is 10.1. The molecule has 13 heteroatoms. The minimum Gasteiger partial charge on any atom is -0.390 e. The fourth-order valence-electron chi connectivity index (χ4n) is 2.62. The number of aliphatic imine (C=N–C) groups is 2. The number of amides is 1. The van der Waals surface area contributed by atoms with E-state index in [1.54, 1.807) is 0 Å². The van der Waals surface area contributed by atoms with E-state index >= 15 is 0 Å². The lowest BCUT2D eigenvalue weighted by Gasteiger charge is -2.27. The van der Waals surface area contributed by atoms with Gasteiger partial charge < -0.3 is 10.6 Å². The monoisotopic (exact) mass is 470 g/mol. The minimum atomic E-state index is -5.13. The number of nitrogens with zero attached hydrogens (tertiary/aromatic N) is 5. The first-order valence-corrected chi connectivity index (χ1v) is 9.02. The number of hydrogen-bond donors (Lipinski definition) is 1. The number of hydrogen-bond acceptors (Lipinski definition) is 4. The average Bonchev–Trinajstić information content (AvgIpc) is 2.75. The van der Waals surface area contributed by atoms with Crippen molar-refractivity contribution >= 4 is 24.0 Å². The van der Waals surface area contributed by atoms with E-state index in [1.165, 1.54) is 25.4 Å². The molecule has 1 aromatic heterocycles. The highest BCUT2D eigenvalue weighted by atomic mass is 19.4. The van der Waals surface area contributed by atoms with Crippen LogP contribution in [0.25, 0.3) is 0 Å². The fourth-order valence-corrected chi connectivity index (χ4v) is 2.62. The summed E-state index contributed by atoms with van der Waals surface area (Å²) in [5, 5.41) is 0. The Kier molecular flexibility index (Phi) is 7.76. The SMILES string of the molecule is C#CCN(C(=O)c1cc(C(F)(F)F)cc(C(F)(F)F)c1)[C@@H](C)C(N=CN)=Nc1ncccn1. The predicted octanol–water partition coefficient (Wildman–Crippen LogP) is 3.70. The highest BCUT2D eigenvalue weighted by Crippen LogP contribution is 2.36. The second-order valence-electron chi connectivity index (χ2n) is 6.40. The molecule has 0 aliphatic rings. The van der Waals surface area contributed by atoms with Crippen molar-refractivity contribution in [2.45, 2.75) is 25.3 Å². The van der Waals surface area contributed by atoms with Gasteiger partial charge in [0.1, 0.15) is 0 Å². The van der Waals surface area contributed by atoms with Gasteiger partial charge in [0, 0.05) is 18.0 Å². The van der Waals surface area contributed by atoms with Crippen LogP contribution in [0.5, 0.6) is 0 Å². The molecule has 1 amide bonds. The Hall–Kier alpha value is -3.95. The molecule has 174 valence electrons. The summed E-state index contributed by atoms with van der Waals surface area (Å²) in [6, 6.07) is 0.938. The molecule has 1 atom stereocenters. The van der Waals surface area contributed by atoms with Gasteiger partial charge in [-0.15, -0.1) is 6.42 Å². The zero-order valence-electron chi connectivity index (χ0n) is 16.9. The molecule has 0 spiro atoms. The predicted molar refractivity (Wildman–Crippen MR) is 108 cm³/mol. The van der Waals surface area contributed by atoms with E-state index in [2.05, 4.69) is 25.9 Å². The summed E-state index contributed by atoms with van der Waals surface area (Å²) in [4.78, 5) is 29.4. The normalized spacial score (nSPS) is 13.6. The summed E-state index contributed by atoms with van der Waals surface area (Å²) < 4.78 is 79.1. The molecule has 0 aliphatic carbocycles. The van der Waals surface area contributed by atoms with Crippen LogP contribution in [0.1, 0.15) is 28.4 Å². The van der Waals surface area contributed by atoms with Gasteiger partial charge in [0.15, 0.2) is 5.84 Å². The molecule has 33 heavy (non-hydrogen) atoms. The molecule has 2 aromatic rings. The highest BCUT2D eigenvalue weighted by Gasteiger charge is 2.38. The van der Waals surface area contributed by atoms with E-state index in [0.717, 1.165) is 11.2 Å². The Labute approximate surface area is 184 Å². The molecule has 1 aromatic carbocycles. The summed E-state index contributed by atoms with van der Waals surface area (Å²) in [5.74, 6) is 0.709. The van der Waals surface area contributed by atoms with Crippen molar-refractivity contribution < 1.29 is 31.1 Å². The van der Waals surface area contributed by atoms with Crippen molar-refractivity contribution in [2.24, 2.45) is 15.7 Å². The summed E-state index contributed by atoms with van der Waals surface area (Å²) in [6.07, 6.45) is -1.40. The van der Waals surface area contributed by atoms with Gasteiger partial charge in [0.25, 0.3) is 11.9 Å². The van der Waals surface area contributed by atoms with Gasteiger partial charge in [-0.05, 0) is 31.2 Å². The number of halogens is 6. The van der Waals surface area contributed by atoms with Gasteiger partial charge in [-0.1, -0.05) is 5.92 Å². The summed E-state index contributed by atoms with van der Waals surface area (Å²) in [7, 11) is 0. The van der Waals surface area contributed by atoms with Crippen LogP contribution in [0.15, 0.2) is 46.6 Å². The third-order valence-corrected chi connectivity index (χ3v) is 4.17. The Morgan fingerprint density at radius 1 is 1.15 bits per heavy atom. The Morgan fingerprint density at radius 2 is 1.70 bits per heavy atom. The summed E-state index contributed by atoms with van der Waals surface area (Å²) in [6.45, 7) is 0.884. The number of aromatic nitrogens is 2. The van der Waals surface area contributed by atoms with Gasteiger partial charge >= 0.3 is 12.4 Å². The summed E-state index contributed by atoms with van der Waals surface area (Å²) >= 11 is 0. The van der Waals surface area contributed by atoms with Crippen molar-refractivity contribution in [1.29, 1.82) is 0 Å². The lowest BCUT2D eigenvalue weighted by atomic mass is 10.0. The fraction of sp³-hybridized carbons (Fsp3) is 0.250. The van der Waals surface area contributed by atoms with Crippen molar-refractivity contribution in [3.63, 3.8) is 0 Å².